The molecule has 1 aromatic heterocycles. The van der Waals surface area contributed by atoms with E-state index in [1.165, 1.54) is 6.08 Å². The van der Waals surface area contributed by atoms with Gasteiger partial charge in [-0.15, -0.1) is 11.3 Å². The van der Waals surface area contributed by atoms with Crippen LogP contribution in [-0.2, 0) is 4.79 Å². The summed E-state index contributed by atoms with van der Waals surface area (Å²) >= 11 is 1.61. The predicted octanol–water partition coefficient (Wildman–Crippen LogP) is 5.42. The average Bonchev–Trinajstić information content (AvgIpc) is 3.15. The molecule has 0 aliphatic carbocycles. The number of thiazole rings is 1. The van der Waals surface area contributed by atoms with Crippen molar-refractivity contribution < 1.29 is 14.3 Å². The summed E-state index contributed by atoms with van der Waals surface area (Å²) in [7, 11) is 1.60. The molecule has 1 N–H and O–H groups in total. The van der Waals surface area contributed by atoms with Crippen molar-refractivity contribution in [3.05, 3.63) is 70.7 Å². The van der Waals surface area contributed by atoms with Gasteiger partial charge in [0.05, 0.1) is 30.3 Å². The zero-order valence-corrected chi connectivity index (χ0v) is 18.5. The van der Waals surface area contributed by atoms with E-state index in [0.717, 1.165) is 26.7 Å². The molecule has 0 spiro atoms. The summed E-state index contributed by atoms with van der Waals surface area (Å²) in [6.45, 7) is 6.41. The Morgan fingerprint density at radius 1 is 1.20 bits per heavy atom. The lowest BCUT2D eigenvalue weighted by molar-refractivity contribution is -0.117. The molecule has 0 saturated heterocycles. The fraction of sp³-hybridized carbons (Fsp3) is 0.250. The van der Waals surface area contributed by atoms with E-state index in [9.17, 15) is 4.79 Å². The second-order valence-electron chi connectivity index (χ2n) is 6.74. The fourth-order valence-electron chi connectivity index (χ4n) is 3.08. The number of carbonyl (C=O) groups excluding carboxylic acids is 1. The monoisotopic (exact) mass is 422 g/mol. The highest BCUT2D eigenvalue weighted by Crippen LogP contribution is 2.32. The first-order valence-electron chi connectivity index (χ1n) is 9.84. The molecule has 0 saturated carbocycles. The lowest BCUT2D eigenvalue weighted by atomic mass is 10.2. The molecule has 3 aromatic rings. The van der Waals surface area contributed by atoms with Crippen molar-refractivity contribution in [2.75, 3.05) is 13.7 Å². The van der Waals surface area contributed by atoms with Gasteiger partial charge in [0.2, 0.25) is 5.91 Å². The van der Waals surface area contributed by atoms with Crippen molar-refractivity contribution in [2.24, 2.45) is 0 Å². The smallest absolute Gasteiger partial charge is 0.244 e. The third kappa shape index (κ3) is 5.27. The number of aryl methyl sites for hydroxylation is 1. The Morgan fingerprint density at radius 2 is 1.97 bits per heavy atom. The van der Waals surface area contributed by atoms with Crippen LogP contribution in [0.15, 0.2) is 54.6 Å². The molecule has 0 aliphatic heterocycles. The molecule has 6 heteroatoms. The number of nitrogens with zero attached hydrogens (tertiary/aromatic N) is 1. The number of ether oxygens (including phenoxy) is 2. The molecule has 1 heterocycles. The Hall–Kier alpha value is -3.12. The molecule has 1 amide bonds. The normalized spacial score (nSPS) is 12.0. The second-order valence-corrected chi connectivity index (χ2v) is 7.77. The largest absolute Gasteiger partial charge is 0.493 e. The second kappa shape index (κ2) is 10.1. The van der Waals surface area contributed by atoms with E-state index in [2.05, 4.69) is 10.3 Å². The highest BCUT2D eigenvalue weighted by atomic mass is 32.1. The van der Waals surface area contributed by atoms with E-state index in [1.807, 2.05) is 69.3 Å². The van der Waals surface area contributed by atoms with Crippen molar-refractivity contribution in [2.45, 2.75) is 26.8 Å². The first-order chi connectivity index (χ1) is 14.5. The van der Waals surface area contributed by atoms with Crippen molar-refractivity contribution in [1.29, 1.82) is 0 Å². The fourth-order valence-corrected chi connectivity index (χ4v) is 4.15. The van der Waals surface area contributed by atoms with Gasteiger partial charge in [-0.2, -0.15) is 0 Å². The number of carbonyl (C=O) groups is 1. The standard InChI is InChI=1S/C24H26N2O3S/c1-5-29-21-15-18(11-13-20(21)28-4)12-14-22(27)25-16(2)23-17(3)26-24(30-23)19-9-7-6-8-10-19/h6-16H,5H2,1-4H3,(H,25,27)/b14-12+. The molecule has 156 valence electrons. The first-order valence-corrected chi connectivity index (χ1v) is 10.7. The van der Waals surface area contributed by atoms with Crippen LogP contribution in [0.5, 0.6) is 11.5 Å². The number of aromatic nitrogens is 1. The molecule has 0 radical (unpaired) electrons. The summed E-state index contributed by atoms with van der Waals surface area (Å²) in [6.07, 6.45) is 3.29. The van der Waals surface area contributed by atoms with Crippen molar-refractivity contribution in [1.82, 2.24) is 10.3 Å². The summed E-state index contributed by atoms with van der Waals surface area (Å²) in [5.74, 6) is 1.16. The highest BCUT2D eigenvalue weighted by molar-refractivity contribution is 7.15. The van der Waals surface area contributed by atoms with Crippen LogP contribution in [-0.4, -0.2) is 24.6 Å². The molecular formula is C24H26N2O3S. The Morgan fingerprint density at radius 3 is 2.67 bits per heavy atom. The molecule has 1 atom stereocenters. The molecule has 1 unspecified atom stereocenters. The Labute approximate surface area is 181 Å². The summed E-state index contributed by atoms with van der Waals surface area (Å²) in [6, 6.07) is 15.5. The van der Waals surface area contributed by atoms with Gasteiger partial charge in [0.1, 0.15) is 5.01 Å². The van der Waals surface area contributed by atoms with Crippen LogP contribution in [0.1, 0.15) is 36.0 Å². The molecule has 3 rings (SSSR count). The molecule has 0 aliphatic rings. The Balaban J connectivity index is 1.68. The van der Waals surface area contributed by atoms with Gasteiger partial charge in [-0.3, -0.25) is 4.79 Å². The molecule has 30 heavy (non-hydrogen) atoms. The van der Waals surface area contributed by atoms with Crippen LogP contribution in [0.3, 0.4) is 0 Å². The molecule has 0 fully saturated rings. The zero-order chi connectivity index (χ0) is 21.5. The zero-order valence-electron chi connectivity index (χ0n) is 17.6. The van der Waals surface area contributed by atoms with Gasteiger partial charge in [-0.05, 0) is 44.5 Å². The SMILES string of the molecule is CCOc1cc(/C=C/C(=O)NC(C)c2sc(-c3ccccc3)nc2C)ccc1OC. The number of hydrogen-bond acceptors (Lipinski definition) is 5. The lowest BCUT2D eigenvalue weighted by Gasteiger charge is -2.11. The van der Waals surface area contributed by atoms with Crippen molar-refractivity contribution in [3.8, 4) is 22.1 Å². The van der Waals surface area contributed by atoms with E-state index in [0.29, 0.717) is 18.1 Å². The van der Waals surface area contributed by atoms with Crippen LogP contribution in [0.25, 0.3) is 16.6 Å². The van der Waals surface area contributed by atoms with Gasteiger partial charge in [-0.25, -0.2) is 4.98 Å². The van der Waals surface area contributed by atoms with E-state index >= 15 is 0 Å². The van der Waals surface area contributed by atoms with Gasteiger partial charge >= 0.3 is 0 Å². The summed E-state index contributed by atoms with van der Waals surface area (Å²) in [4.78, 5) is 18.2. The predicted molar refractivity (Wildman–Crippen MR) is 122 cm³/mol. The molecule has 2 aromatic carbocycles. The van der Waals surface area contributed by atoms with Crippen LogP contribution >= 0.6 is 11.3 Å². The van der Waals surface area contributed by atoms with Gasteiger partial charge in [0.25, 0.3) is 0 Å². The molecular weight excluding hydrogens is 396 g/mol. The number of methoxy groups -OCH3 is 1. The van der Waals surface area contributed by atoms with Crippen LogP contribution in [0.2, 0.25) is 0 Å². The third-order valence-electron chi connectivity index (χ3n) is 4.52. The summed E-state index contributed by atoms with van der Waals surface area (Å²) in [5, 5.41) is 3.98. The minimum atomic E-state index is -0.162. The van der Waals surface area contributed by atoms with Crippen LogP contribution in [0.4, 0.5) is 0 Å². The average molecular weight is 423 g/mol. The minimum Gasteiger partial charge on any atom is -0.493 e. The van der Waals surface area contributed by atoms with E-state index < -0.39 is 0 Å². The highest BCUT2D eigenvalue weighted by Gasteiger charge is 2.16. The first kappa shape index (κ1) is 21.6. The summed E-state index contributed by atoms with van der Waals surface area (Å²) in [5.41, 5.74) is 2.88. The summed E-state index contributed by atoms with van der Waals surface area (Å²) < 4.78 is 10.9. The minimum absolute atomic E-state index is 0.132. The van der Waals surface area contributed by atoms with Gasteiger partial charge in [0, 0.05) is 11.6 Å². The van der Waals surface area contributed by atoms with Gasteiger partial charge in [0.15, 0.2) is 11.5 Å². The Bertz CT molecular complexity index is 1030. The van der Waals surface area contributed by atoms with Crippen molar-refractivity contribution in [3.63, 3.8) is 0 Å². The maximum Gasteiger partial charge on any atom is 0.244 e. The van der Waals surface area contributed by atoms with Gasteiger partial charge < -0.3 is 14.8 Å². The Kier molecular flexibility index (Phi) is 7.25. The quantitative estimate of drug-likeness (QED) is 0.493. The van der Waals surface area contributed by atoms with Crippen LogP contribution in [0, 0.1) is 6.92 Å². The van der Waals surface area contributed by atoms with Crippen molar-refractivity contribution >= 4 is 23.3 Å². The third-order valence-corrected chi connectivity index (χ3v) is 5.91. The van der Waals surface area contributed by atoms with E-state index in [4.69, 9.17) is 9.47 Å². The maximum atomic E-state index is 12.5. The molecule has 5 nitrogen and oxygen atoms in total. The number of rotatable bonds is 8. The number of hydrogen-bond donors (Lipinski definition) is 1. The number of amides is 1. The topological polar surface area (TPSA) is 60.5 Å². The molecule has 0 bridgehead atoms. The van der Waals surface area contributed by atoms with Crippen LogP contribution < -0.4 is 14.8 Å². The van der Waals surface area contributed by atoms with Gasteiger partial charge in [-0.1, -0.05) is 36.4 Å². The lowest BCUT2D eigenvalue weighted by Crippen LogP contribution is -2.24. The maximum absolute atomic E-state index is 12.5. The van der Waals surface area contributed by atoms with E-state index in [-0.39, 0.29) is 11.9 Å². The van der Waals surface area contributed by atoms with E-state index in [1.54, 1.807) is 24.5 Å². The number of benzene rings is 2. The number of nitrogens with one attached hydrogen (secondary N) is 1.